The van der Waals surface area contributed by atoms with Crippen molar-refractivity contribution in [3.05, 3.63) is 316 Å². The molecular weight excluding hydrogens is 1140 g/mol. The number of hydrogen-bond acceptors (Lipinski definition) is 11. The van der Waals surface area contributed by atoms with Crippen LogP contribution in [0, 0.1) is 0 Å². The van der Waals surface area contributed by atoms with Crippen molar-refractivity contribution >= 4 is 82.5 Å². The minimum Gasteiger partial charge on any atom is -0.508 e. The van der Waals surface area contributed by atoms with E-state index < -0.39 is 23.8 Å². The lowest BCUT2D eigenvalue weighted by molar-refractivity contribution is -0.129. The highest BCUT2D eigenvalue weighted by atomic mass is 16.5. The summed E-state index contributed by atoms with van der Waals surface area (Å²) in [6.45, 7) is 23.1. The molecule has 2 N–H and O–H groups in total. The maximum Gasteiger partial charge on any atom is 0.335 e. The van der Waals surface area contributed by atoms with Crippen LogP contribution in [-0.4, -0.2) is 47.9 Å². The van der Waals surface area contributed by atoms with Gasteiger partial charge in [0.2, 0.25) is 0 Å². The SMILES string of the molecule is C=CC(=O)Oc1ccc2ccc(O)c(C(c3ccc4ccccc4c3)c3c(O)ccc4ccc(OC(=O)C=C)cc34)c2c1.C=CCOc1ccc2c(C(c3ccc4ccccc4c3)c3c(OCC=C)ccc4cc(OC(=O)C=C)ccc34)c(OCC=C)ccc2c1. The number of rotatable bonds is 21. The fourth-order valence-corrected chi connectivity index (χ4v) is 11.6. The number of carbonyl (C=O) groups excluding carboxylic acids is 3. The first-order chi connectivity index (χ1) is 44.4. The maximum atomic E-state index is 12.1. The Morgan fingerprint density at radius 2 is 0.681 bits per heavy atom. The van der Waals surface area contributed by atoms with Gasteiger partial charge in [0.25, 0.3) is 0 Å². The van der Waals surface area contributed by atoms with E-state index in [0.29, 0.717) is 53.2 Å². The molecule has 12 aromatic carbocycles. The van der Waals surface area contributed by atoms with Gasteiger partial charge in [0, 0.05) is 52.3 Å². The van der Waals surface area contributed by atoms with Crippen LogP contribution < -0.4 is 28.4 Å². The van der Waals surface area contributed by atoms with Crippen molar-refractivity contribution in [2.75, 3.05) is 19.8 Å². The average molecular weight is 1200 g/mol. The summed E-state index contributed by atoms with van der Waals surface area (Å²) in [7, 11) is 0. The molecule has 0 saturated carbocycles. The quantitative estimate of drug-likeness (QED) is 0.0233. The van der Waals surface area contributed by atoms with E-state index in [1.165, 1.54) is 0 Å². The first kappa shape index (κ1) is 60.7. The fraction of sp³-hybridized carbons (Fsp3) is 0.0625. The van der Waals surface area contributed by atoms with Crippen LogP contribution in [0.2, 0.25) is 0 Å². The minimum absolute atomic E-state index is 0.0106. The first-order valence-electron chi connectivity index (χ1n) is 29.3. The van der Waals surface area contributed by atoms with Gasteiger partial charge in [0.1, 0.15) is 65.8 Å². The molecule has 0 aromatic heterocycles. The summed E-state index contributed by atoms with van der Waals surface area (Å²) in [5.41, 5.74) is 4.76. The van der Waals surface area contributed by atoms with Crippen LogP contribution in [0.4, 0.5) is 0 Å². The summed E-state index contributed by atoms with van der Waals surface area (Å²) in [6.07, 6.45) is 8.52. The van der Waals surface area contributed by atoms with Gasteiger partial charge in [0.15, 0.2) is 0 Å². The van der Waals surface area contributed by atoms with Gasteiger partial charge >= 0.3 is 17.9 Å². The van der Waals surface area contributed by atoms with Crippen LogP contribution in [0.5, 0.6) is 46.0 Å². The number of benzene rings is 12. The number of aromatic hydroxyl groups is 2. The van der Waals surface area contributed by atoms with Crippen LogP contribution in [0.3, 0.4) is 0 Å². The van der Waals surface area contributed by atoms with E-state index in [9.17, 15) is 24.6 Å². The lowest BCUT2D eigenvalue weighted by Crippen LogP contribution is -2.11. The second-order valence-corrected chi connectivity index (χ2v) is 21.2. The Hall–Kier alpha value is -12.0. The molecule has 11 nitrogen and oxygen atoms in total. The maximum absolute atomic E-state index is 12.1. The summed E-state index contributed by atoms with van der Waals surface area (Å²) < 4.78 is 35.1. The Bertz CT molecular complexity index is 4770. The van der Waals surface area contributed by atoms with Crippen molar-refractivity contribution in [1.82, 2.24) is 0 Å². The number of fused-ring (bicyclic) bond motifs is 6. The van der Waals surface area contributed by atoms with E-state index in [4.69, 9.17) is 28.4 Å². The number of carbonyl (C=O) groups is 3. The second kappa shape index (κ2) is 27.4. The summed E-state index contributed by atoms with van der Waals surface area (Å²) in [5, 5.41) is 33.9. The number of hydrogen-bond donors (Lipinski definition) is 2. The number of ether oxygens (including phenoxy) is 6. The van der Waals surface area contributed by atoms with Crippen LogP contribution in [-0.2, 0) is 14.4 Å². The zero-order valence-electron chi connectivity index (χ0n) is 49.7. The van der Waals surface area contributed by atoms with Gasteiger partial charge in [-0.2, -0.15) is 0 Å². The van der Waals surface area contributed by atoms with Crippen LogP contribution in [0.25, 0.3) is 64.6 Å². The molecule has 0 saturated heterocycles. The summed E-state index contributed by atoms with van der Waals surface area (Å²) in [5.74, 6) is 0.335. The molecule has 12 rings (SSSR count). The molecule has 11 heteroatoms. The molecule has 0 bridgehead atoms. The van der Waals surface area contributed by atoms with Gasteiger partial charge in [0.05, 0.1) is 0 Å². The first-order valence-corrected chi connectivity index (χ1v) is 29.3. The van der Waals surface area contributed by atoms with Crippen molar-refractivity contribution < 1.29 is 53.0 Å². The minimum atomic E-state index is -0.701. The highest BCUT2D eigenvalue weighted by Crippen LogP contribution is 2.50. The molecule has 12 aromatic rings. The van der Waals surface area contributed by atoms with E-state index in [2.05, 4.69) is 75.9 Å². The van der Waals surface area contributed by atoms with Crippen molar-refractivity contribution in [2.24, 2.45) is 0 Å². The predicted octanol–water partition coefficient (Wildman–Crippen LogP) is 18.0. The molecule has 0 aliphatic rings. The molecule has 91 heavy (non-hydrogen) atoms. The monoisotopic (exact) mass is 1200 g/mol. The molecule has 0 fully saturated rings. The summed E-state index contributed by atoms with van der Waals surface area (Å²) in [4.78, 5) is 36.1. The highest BCUT2D eigenvalue weighted by molar-refractivity contribution is 5.99. The van der Waals surface area contributed by atoms with Crippen molar-refractivity contribution in [3.8, 4) is 46.0 Å². The molecule has 0 amide bonds. The van der Waals surface area contributed by atoms with Gasteiger partial charge in [-0.05, 0) is 149 Å². The average Bonchev–Trinajstić information content (AvgIpc) is 0.900. The Morgan fingerprint density at radius 1 is 0.330 bits per heavy atom. The second-order valence-electron chi connectivity index (χ2n) is 21.2. The molecule has 0 aliphatic carbocycles. The number of phenols is 2. The molecule has 0 radical (unpaired) electrons. The van der Waals surface area contributed by atoms with E-state index in [-0.39, 0.29) is 28.9 Å². The van der Waals surface area contributed by atoms with Gasteiger partial charge in [-0.1, -0.05) is 191 Å². The largest absolute Gasteiger partial charge is 0.508 e. The van der Waals surface area contributed by atoms with Crippen LogP contribution in [0.1, 0.15) is 45.2 Å². The number of esters is 3. The lowest BCUT2D eigenvalue weighted by atomic mass is 9.79. The molecule has 1 atom stereocenters. The molecule has 0 heterocycles. The van der Waals surface area contributed by atoms with Crippen LogP contribution >= 0.6 is 0 Å². The number of phenolic OH excluding ortho intramolecular Hbond substituents is 2. The zero-order chi connectivity index (χ0) is 63.5. The molecular formula is C80H62O11. The normalized spacial score (nSPS) is 11.3. The van der Waals surface area contributed by atoms with Gasteiger partial charge in [-0.25, -0.2) is 14.4 Å². The standard InChI is InChI=1S/C43H36O5.C37H26O6/c1-5-23-45-34-17-19-36-31(27-34)15-21-38(46-24-6-2)42(36)41(33-14-13-29-11-9-10-12-30(29)26-33)43-37-20-18-35(48-40(44)8-4)28-32(37)16-22-39(43)47-25-7-3;1-3-33(40)42-27-15-11-23-13-17-31(38)36(29(23)20-27)35(26-10-9-22-7-5-6-8-25(22)19-26)37-30-21-28(43-34(41)4-2)16-12-24(30)14-18-32(37)39/h5-22,26-28,41H,1-4,23-25H2;3-21,35,38-39H,1-2H2. The van der Waals surface area contributed by atoms with Gasteiger partial charge in [-0.3, -0.25) is 0 Å². The Balaban J connectivity index is 0.000000188. The van der Waals surface area contributed by atoms with Crippen molar-refractivity contribution in [3.63, 3.8) is 0 Å². The zero-order valence-corrected chi connectivity index (χ0v) is 49.7. The Morgan fingerprint density at radius 3 is 1.12 bits per heavy atom. The van der Waals surface area contributed by atoms with Gasteiger partial charge < -0.3 is 38.6 Å². The third-order valence-corrected chi connectivity index (χ3v) is 15.6. The molecule has 0 spiro atoms. The predicted molar refractivity (Wildman–Crippen MR) is 363 cm³/mol. The van der Waals surface area contributed by atoms with Crippen molar-refractivity contribution in [1.29, 1.82) is 0 Å². The molecule has 448 valence electrons. The smallest absolute Gasteiger partial charge is 0.335 e. The summed E-state index contributed by atoms with van der Waals surface area (Å²) >= 11 is 0. The van der Waals surface area contributed by atoms with Crippen molar-refractivity contribution in [2.45, 2.75) is 11.8 Å². The van der Waals surface area contributed by atoms with Crippen LogP contribution in [0.15, 0.2) is 282 Å². The fourth-order valence-electron chi connectivity index (χ4n) is 11.6. The van der Waals surface area contributed by atoms with Gasteiger partial charge in [-0.15, -0.1) is 0 Å². The van der Waals surface area contributed by atoms with E-state index in [1.54, 1.807) is 85.0 Å². The third kappa shape index (κ3) is 13.0. The van der Waals surface area contributed by atoms with E-state index in [0.717, 1.165) is 106 Å². The molecule has 0 aliphatic heterocycles. The third-order valence-electron chi connectivity index (χ3n) is 15.6. The Kier molecular flexibility index (Phi) is 18.3. The Labute approximate surface area is 526 Å². The summed E-state index contributed by atoms with van der Waals surface area (Å²) in [6, 6.07) is 65.6. The topological polar surface area (TPSA) is 147 Å². The van der Waals surface area contributed by atoms with E-state index in [1.807, 2.05) is 103 Å². The molecule has 1 unspecified atom stereocenters. The highest BCUT2D eigenvalue weighted by Gasteiger charge is 2.31. The van der Waals surface area contributed by atoms with E-state index >= 15 is 0 Å². The lowest BCUT2D eigenvalue weighted by Gasteiger charge is -2.27.